The van der Waals surface area contributed by atoms with Gasteiger partial charge in [-0.25, -0.2) is 8.42 Å². The molecule has 0 amide bonds. The standard InChI is InChI=1S/C13H27N3O2S/c1-10(2)16(8-7-13(14)15)11-5-4-6-12(9-11)19(3,17)18/h10-12H,4-9H2,1-3H3,(H3,14,15). The van der Waals surface area contributed by atoms with Crippen molar-refractivity contribution in [2.45, 2.75) is 63.3 Å². The molecule has 19 heavy (non-hydrogen) atoms. The zero-order chi connectivity index (χ0) is 14.6. The highest BCUT2D eigenvalue weighted by atomic mass is 32.2. The molecule has 0 bridgehead atoms. The van der Waals surface area contributed by atoms with Crippen LogP contribution in [0.3, 0.4) is 0 Å². The summed E-state index contributed by atoms with van der Waals surface area (Å²) >= 11 is 0. The summed E-state index contributed by atoms with van der Waals surface area (Å²) in [6, 6.07) is 0.649. The minimum absolute atomic E-state index is 0.195. The lowest BCUT2D eigenvalue weighted by atomic mass is 9.92. The Bertz CT molecular complexity index is 406. The minimum atomic E-state index is -2.94. The predicted molar refractivity (Wildman–Crippen MR) is 79.3 cm³/mol. The van der Waals surface area contributed by atoms with E-state index in [1.165, 1.54) is 6.26 Å². The van der Waals surface area contributed by atoms with Crippen molar-refractivity contribution in [3.63, 3.8) is 0 Å². The van der Waals surface area contributed by atoms with E-state index in [4.69, 9.17) is 11.1 Å². The van der Waals surface area contributed by atoms with Gasteiger partial charge in [-0.15, -0.1) is 0 Å². The molecule has 2 atom stereocenters. The summed E-state index contributed by atoms with van der Waals surface area (Å²) in [6.07, 6.45) is 5.41. The zero-order valence-electron chi connectivity index (χ0n) is 12.2. The topological polar surface area (TPSA) is 87.2 Å². The molecule has 0 radical (unpaired) electrons. The molecule has 112 valence electrons. The fraction of sp³-hybridized carbons (Fsp3) is 0.923. The van der Waals surface area contributed by atoms with Gasteiger partial charge in [-0.3, -0.25) is 10.3 Å². The van der Waals surface area contributed by atoms with Crippen molar-refractivity contribution < 1.29 is 8.42 Å². The van der Waals surface area contributed by atoms with E-state index in [1.807, 2.05) is 0 Å². The second-order valence-corrected chi connectivity index (χ2v) is 8.20. The molecule has 1 rings (SSSR count). The highest BCUT2D eigenvalue weighted by Crippen LogP contribution is 2.28. The first-order valence-electron chi connectivity index (χ1n) is 6.99. The summed E-state index contributed by atoms with van der Waals surface area (Å²) < 4.78 is 23.4. The fourth-order valence-electron chi connectivity index (χ4n) is 2.92. The van der Waals surface area contributed by atoms with Crippen LogP contribution in [0.4, 0.5) is 0 Å². The van der Waals surface area contributed by atoms with Gasteiger partial charge in [0.05, 0.1) is 11.1 Å². The van der Waals surface area contributed by atoms with Gasteiger partial charge in [0.15, 0.2) is 0 Å². The summed E-state index contributed by atoms with van der Waals surface area (Å²) in [7, 11) is -2.94. The zero-order valence-corrected chi connectivity index (χ0v) is 13.0. The van der Waals surface area contributed by atoms with Gasteiger partial charge < -0.3 is 5.73 Å². The summed E-state index contributed by atoms with van der Waals surface area (Å²) in [5.41, 5.74) is 5.43. The molecule has 0 heterocycles. The molecule has 0 saturated heterocycles. The van der Waals surface area contributed by atoms with Crippen molar-refractivity contribution in [3.8, 4) is 0 Å². The Labute approximate surface area is 117 Å². The number of hydrogen-bond donors (Lipinski definition) is 2. The predicted octanol–water partition coefficient (Wildman–Crippen LogP) is 1.38. The number of sulfone groups is 1. The van der Waals surface area contributed by atoms with E-state index in [0.717, 1.165) is 32.2 Å². The highest BCUT2D eigenvalue weighted by Gasteiger charge is 2.32. The van der Waals surface area contributed by atoms with Crippen LogP contribution in [0.15, 0.2) is 0 Å². The molecule has 1 aliphatic rings. The van der Waals surface area contributed by atoms with Crippen molar-refractivity contribution in [2.24, 2.45) is 5.73 Å². The van der Waals surface area contributed by atoms with Crippen LogP contribution in [0.25, 0.3) is 0 Å². The van der Waals surface area contributed by atoms with Gasteiger partial charge in [0.2, 0.25) is 0 Å². The van der Waals surface area contributed by atoms with Gasteiger partial charge in [-0.2, -0.15) is 0 Å². The van der Waals surface area contributed by atoms with E-state index >= 15 is 0 Å². The van der Waals surface area contributed by atoms with E-state index in [0.29, 0.717) is 18.5 Å². The molecule has 1 saturated carbocycles. The van der Waals surface area contributed by atoms with Crippen molar-refractivity contribution in [3.05, 3.63) is 0 Å². The molecule has 0 aromatic heterocycles. The molecule has 0 spiro atoms. The molecule has 6 heteroatoms. The van der Waals surface area contributed by atoms with Crippen molar-refractivity contribution >= 4 is 15.7 Å². The molecule has 0 aromatic rings. The minimum Gasteiger partial charge on any atom is -0.388 e. The van der Waals surface area contributed by atoms with Crippen molar-refractivity contribution in [2.75, 3.05) is 12.8 Å². The highest BCUT2D eigenvalue weighted by molar-refractivity contribution is 7.91. The fourth-order valence-corrected chi connectivity index (χ4v) is 4.09. The van der Waals surface area contributed by atoms with Gasteiger partial charge in [0.1, 0.15) is 9.84 Å². The van der Waals surface area contributed by atoms with E-state index < -0.39 is 9.84 Å². The number of amidine groups is 1. The largest absolute Gasteiger partial charge is 0.388 e. The van der Waals surface area contributed by atoms with Gasteiger partial charge >= 0.3 is 0 Å². The Hall–Kier alpha value is -0.620. The van der Waals surface area contributed by atoms with Crippen molar-refractivity contribution in [1.82, 2.24) is 4.90 Å². The van der Waals surface area contributed by atoms with Crippen LogP contribution in [0.1, 0.15) is 46.0 Å². The third-order valence-corrected chi connectivity index (χ3v) is 5.61. The van der Waals surface area contributed by atoms with Crippen LogP contribution in [-0.2, 0) is 9.84 Å². The molecule has 5 nitrogen and oxygen atoms in total. The monoisotopic (exact) mass is 289 g/mol. The lowest BCUT2D eigenvalue weighted by molar-refractivity contribution is 0.125. The van der Waals surface area contributed by atoms with Crippen molar-refractivity contribution in [1.29, 1.82) is 5.41 Å². The van der Waals surface area contributed by atoms with Gasteiger partial charge in [0, 0.05) is 31.3 Å². The molecule has 0 aromatic carbocycles. The molecule has 3 N–H and O–H groups in total. The first-order chi connectivity index (χ1) is 8.71. The van der Waals surface area contributed by atoms with Crippen LogP contribution >= 0.6 is 0 Å². The normalized spacial score (nSPS) is 24.9. The number of nitrogens with zero attached hydrogens (tertiary/aromatic N) is 1. The maximum atomic E-state index is 11.7. The first-order valence-corrected chi connectivity index (χ1v) is 8.94. The Balaban J connectivity index is 2.71. The summed E-state index contributed by atoms with van der Waals surface area (Å²) in [4.78, 5) is 2.30. The Morgan fingerprint density at radius 3 is 2.53 bits per heavy atom. The van der Waals surface area contributed by atoms with Gasteiger partial charge in [-0.1, -0.05) is 6.42 Å². The van der Waals surface area contributed by atoms with Crippen LogP contribution in [-0.4, -0.2) is 49.3 Å². The van der Waals surface area contributed by atoms with Gasteiger partial charge in [0.25, 0.3) is 0 Å². The van der Waals surface area contributed by atoms with E-state index in [1.54, 1.807) is 0 Å². The van der Waals surface area contributed by atoms with Crippen LogP contribution < -0.4 is 5.73 Å². The quantitative estimate of drug-likeness (QED) is 0.571. The van der Waals surface area contributed by atoms with Crippen LogP contribution in [0, 0.1) is 5.41 Å². The van der Waals surface area contributed by atoms with E-state index in [2.05, 4.69) is 18.7 Å². The number of nitrogens with two attached hydrogens (primary N) is 1. The molecule has 2 unspecified atom stereocenters. The molecular formula is C13H27N3O2S. The first kappa shape index (κ1) is 16.4. The Kier molecular flexibility index (Phi) is 5.80. The smallest absolute Gasteiger partial charge is 0.150 e. The number of nitrogens with one attached hydrogen (secondary N) is 1. The molecule has 0 aliphatic heterocycles. The average molecular weight is 289 g/mol. The second kappa shape index (κ2) is 6.70. The molecule has 1 fully saturated rings. The molecular weight excluding hydrogens is 262 g/mol. The number of hydrogen-bond acceptors (Lipinski definition) is 4. The lowest BCUT2D eigenvalue weighted by Gasteiger charge is -2.39. The maximum absolute atomic E-state index is 11.7. The Morgan fingerprint density at radius 2 is 2.05 bits per heavy atom. The second-order valence-electron chi connectivity index (χ2n) is 5.88. The van der Waals surface area contributed by atoms with Crippen LogP contribution in [0.2, 0.25) is 0 Å². The maximum Gasteiger partial charge on any atom is 0.150 e. The lowest BCUT2D eigenvalue weighted by Crippen LogP contribution is -2.46. The van der Waals surface area contributed by atoms with E-state index in [-0.39, 0.29) is 11.1 Å². The summed E-state index contributed by atoms with van der Waals surface area (Å²) in [5.74, 6) is 0.195. The SMILES string of the molecule is CC(C)N(CCC(=N)N)C1CCCC(S(C)(=O)=O)C1. The van der Waals surface area contributed by atoms with Gasteiger partial charge in [-0.05, 0) is 33.1 Å². The number of rotatable bonds is 6. The Morgan fingerprint density at radius 1 is 1.42 bits per heavy atom. The average Bonchev–Trinajstić information content (AvgIpc) is 2.27. The van der Waals surface area contributed by atoms with Crippen LogP contribution in [0.5, 0.6) is 0 Å². The third kappa shape index (κ3) is 5.10. The van der Waals surface area contributed by atoms with E-state index in [9.17, 15) is 8.42 Å². The summed E-state index contributed by atoms with van der Waals surface area (Å²) in [6.45, 7) is 4.97. The molecule has 1 aliphatic carbocycles. The third-order valence-electron chi connectivity index (χ3n) is 3.98. The summed E-state index contributed by atoms with van der Waals surface area (Å²) in [5, 5.41) is 7.13.